The van der Waals surface area contributed by atoms with Crippen molar-refractivity contribution in [3.05, 3.63) is 59.2 Å². The number of pyridine rings is 1. The normalized spacial score (nSPS) is 11.6. The van der Waals surface area contributed by atoms with Gasteiger partial charge in [0.15, 0.2) is 5.13 Å². The molecule has 0 saturated carbocycles. The summed E-state index contributed by atoms with van der Waals surface area (Å²) < 4.78 is 40.6. The number of hydrogen-bond acceptors (Lipinski definition) is 4. The third-order valence-corrected chi connectivity index (χ3v) is 5.19. The second-order valence-electron chi connectivity index (χ2n) is 6.58. The van der Waals surface area contributed by atoms with E-state index in [2.05, 4.69) is 22.2 Å². The molecule has 2 aromatic heterocycles. The van der Waals surface area contributed by atoms with Crippen LogP contribution in [-0.4, -0.2) is 9.97 Å². The van der Waals surface area contributed by atoms with E-state index in [9.17, 15) is 13.2 Å². The molecule has 0 aliphatic heterocycles. The molecule has 0 saturated heterocycles. The number of rotatable bonds is 8. The molecule has 0 amide bonds. The van der Waals surface area contributed by atoms with Crippen molar-refractivity contribution in [3.8, 4) is 11.3 Å². The fourth-order valence-corrected chi connectivity index (χ4v) is 3.72. The van der Waals surface area contributed by atoms with Gasteiger partial charge in [0, 0.05) is 29.0 Å². The molecule has 0 unspecified atom stereocenters. The summed E-state index contributed by atoms with van der Waals surface area (Å²) >= 11 is 1.34. The van der Waals surface area contributed by atoms with Gasteiger partial charge >= 0.3 is 6.18 Å². The number of alkyl halides is 3. The van der Waals surface area contributed by atoms with Crippen LogP contribution in [-0.2, 0) is 12.6 Å². The van der Waals surface area contributed by atoms with E-state index in [1.165, 1.54) is 17.4 Å². The van der Waals surface area contributed by atoms with Crippen molar-refractivity contribution in [3.63, 3.8) is 0 Å². The lowest BCUT2D eigenvalue weighted by Crippen LogP contribution is -2.10. The van der Waals surface area contributed by atoms with Crippen LogP contribution in [0.2, 0.25) is 0 Å². The fourth-order valence-electron chi connectivity index (χ4n) is 2.98. The smallest absolute Gasteiger partial charge is 0.332 e. The van der Waals surface area contributed by atoms with Crippen LogP contribution in [0.5, 0.6) is 0 Å². The van der Waals surface area contributed by atoms with Crippen molar-refractivity contribution >= 4 is 22.2 Å². The van der Waals surface area contributed by atoms with E-state index in [1.807, 2.05) is 17.5 Å². The van der Waals surface area contributed by atoms with Crippen LogP contribution >= 0.6 is 11.3 Å². The highest BCUT2D eigenvalue weighted by molar-refractivity contribution is 7.14. The maximum atomic E-state index is 13.5. The second kappa shape index (κ2) is 9.19. The Bertz CT molecular complexity index is 891. The Kier molecular flexibility index (Phi) is 6.67. The molecule has 0 bridgehead atoms. The molecule has 3 rings (SSSR count). The number of aromatic nitrogens is 2. The summed E-state index contributed by atoms with van der Waals surface area (Å²) in [5.41, 5.74) is 1.77. The molecule has 7 heteroatoms. The van der Waals surface area contributed by atoms with Gasteiger partial charge < -0.3 is 5.32 Å². The zero-order valence-electron chi connectivity index (χ0n) is 15.6. The molecule has 3 nitrogen and oxygen atoms in total. The Morgan fingerprint density at radius 2 is 1.96 bits per heavy atom. The second-order valence-corrected chi connectivity index (χ2v) is 7.44. The number of anilines is 2. The van der Waals surface area contributed by atoms with Crippen molar-refractivity contribution < 1.29 is 13.2 Å². The lowest BCUT2D eigenvalue weighted by atomic mass is 10.00. The third-order valence-electron chi connectivity index (χ3n) is 4.43. The summed E-state index contributed by atoms with van der Waals surface area (Å²) in [5.74, 6) is 0. The van der Waals surface area contributed by atoms with E-state index in [-0.39, 0.29) is 0 Å². The lowest BCUT2D eigenvalue weighted by molar-refractivity contribution is -0.138. The number of nitrogens with zero attached hydrogens (tertiary/aromatic N) is 2. The zero-order valence-corrected chi connectivity index (χ0v) is 16.4. The Balaban J connectivity index is 1.76. The highest BCUT2D eigenvalue weighted by Gasteiger charge is 2.33. The van der Waals surface area contributed by atoms with E-state index in [1.54, 1.807) is 24.5 Å². The third kappa shape index (κ3) is 5.32. The SMILES string of the molecule is CCCCCCc1ccc(Nc2nc(-c3cccnc3)cs2)cc1C(F)(F)F. The van der Waals surface area contributed by atoms with Gasteiger partial charge in [-0.25, -0.2) is 4.98 Å². The van der Waals surface area contributed by atoms with E-state index in [4.69, 9.17) is 0 Å². The number of unbranched alkanes of at least 4 members (excludes halogenated alkanes) is 3. The maximum Gasteiger partial charge on any atom is 0.416 e. The van der Waals surface area contributed by atoms with E-state index < -0.39 is 11.7 Å². The van der Waals surface area contributed by atoms with Crippen LogP contribution in [0.4, 0.5) is 24.0 Å². The monoisotopic (exact) mass is 405 g/mol. The summed E-state index contributed by atoms with van der Waals surface area (Å²) in [4.78, 5) is 8.50. The average Bonchev–Trinajstić information content (AvgIpc) is 3.14. The van der Waals surface area contributed by atoms with Gasteiger partial charge in [-0.05, 0) is 42.7 Å². The number of nitrogens with one attached hydrogen (secondary N) is 1. The van der Waals surface area contributed by atoms with Crippen molar-refractivity contribution in [2.75, 3.05) is 5.32 Å². The Morgan fingerprint density at radius 1 is 1.11 bits per heavy atom. The molecule has 148 valence electrons. The van der Waals surface area contributed by atoms with Crippen molar-refractivity contribution in [2.24, 2.45) is 0 Å². The predicted molar refractivity (Wildman–Crippen MR) is 108 cm³/mol. The van der Waals surface area contributed by atoms with Gasteiger partial charge in [-0.1, -0.05) is 32.3 Å². The van der Waals surface area contributed by atoms with Crippen LogP contribution in [0.3, 0.4) is 0 Å². The van der Waals surface area contributed by atoms with Crippen LogP contribution in [0.25, 0.3) is 11.3 Å². The summed E-state index contributed by atoms with van der Waals surface area (Å²) in [5, 5.41) is 5.39. The standard InChI is InChI=1S/C21H22F3N3S/c1-2-3-4-5-7-15-9-10-17(12-18(15)21(22,23)24)26-20-27-19(14-28-20)16-8-6-11-25-13-16/h6,8-14H,2-5,7H2,1H3,(H,26,27). The predicted octanol–water partition coefficient (Wildman–Crippen LogP) is 7.09. The van der Waals surface area contributed by atoms with E-state index in [0.717, 1.165) is 36.9 Å². The zero-order chi connectivity index (χ0) is 20.0. The minimum Gasteiger partial charge on any atom is -0.332 e. The Morgan fingerprint density at radius 3 is 2.68 bits per heavy atom. The molecule has 0 aliphatic rings. The minimum atomic E-state index is -4.37. The van der Waals surface area contributed by atoms with Gasteiger partial charge in [0.05, 0.1) is 11.3 Å². The quantitative estimate of drug-likeness (QED) is 0.407. The van der Waals surface area contributed by atoms with Crippen molar-refractivity contribution in [1.29, 1.82) is 0 Å². The number of halogens is 3. The van der Waals surface area contributed by atoms with Crippen LogP contribution in [0.1, 0.15) is 43.7 Å². The largest absolute Gasteiger partial charge is 0.416 e. The van der Waals surface area contributed by atoms with Crippen molar-refractivity contribution in [2.45, 2.75) is 45.2 Å². The average molecular weight is 405 g/mol. The maximum absolute atomic E-state index is 13.5. The molecule has 0 spiro atoms. The van der Waals surface area contributed by atoms with Crippen LogP contribution in [0, 0.1) is 0 Å². The van der Waals surface area contributed by atoms with E-state index in [0.29, 0.717) is 22.8 Å². The van der Waals surface area contributed by atoms with Gasteiger partial charge in [0.2, 0.25) is 0 Å². The summed E-state index contributed by atoms with van der Waals surface area (Å²) in [6.07, 6.45) is 3.27. The minimum absolute atomic E-state index is 0.351. The first-order valence-corrected chi connectivity index (χ1v) is 10.2. The molecule has 0 radical (unpaired) electrons. The molecule has 0 aliphatic carbocycles. The summed E-state index contributed by atoms with van der Waals surface area (Å²) in [7, 11) is 0. The fraction of sp³-hybridized carbons (Fsp3) is 0.333. The van der Waals surface area contributed by atoms with Crippen LogP contribution in [0.15, 0.2) is 48.1 Å². The van der Waals surface area contributed by atoms with Gasteiger partial charge in [-0.2, -0.15) is 13.2 Å². The number of thiazole rings is 1. The molecule has 3 aromatic rings. The molecule has 1 N–H and O–H groups in total. The molecule has 1 aromatic carbocycles. The molecule has 2 heterocycles. The topological polar surface area (TPSA) is 37.8 Å². The molecular weight excluding hydrogens is 383 g/mol. The van der Waals surface area contributed by atoms with Gasteiger partial charge in [-0.15, -0.1) is 11.3 Å². The number of hydrogen-bond donors (Lipinski definition) is 1. The van der Waals surface area contributed by atoms with Gasteiger partial charge in [0.1, 0.15) is 0 Å². The van der Waals surface area contributed by atoms with Crippen LogP contribution < -0.4 is 5.32 Å². The molecular formula is C21H22F3N3S. The molecule has 0 atom stereocenters. The first-order valence-electron chi connectivity index (χ1n) is 9.30. The Hall–Kier alpha value is -2.41. The molecule has 0 fully saturated rings. The highest BCUT2D eigenvalue weighted by atomic mass is 32.1. The lowest BCUT2D eigenvalue weighted by Gasteiger charge is -2.15. The Labute approximate surface area is 166 Å². The number of benzene rings is 1. The van der Waals surface area contributed by atoms with Gasteiger partial charge in [0.25, 0.3) is 0 Å². The highest BCUT2D eigenvalue weighted by Crippen LogP contribution is 2.36. The van der Waals surface area contributed by atoms with E-state index >= 15 is 0 Å². The first-order chi connectivity index (χ1) is 13.5. The first kappa shape index (κ1) is 20.3. The van der Waals surface area contributed by atoms with Gasteiger partial charge in [-0.3, -0.25) is 4.98 Å². The summed E-state index contributed by atoms with van der Waals surface area (Å²) in [6.45, 7) is 2.08. The summed E-state index contributed by atoms with van der Waals surface area (Å²) in [6, 6.07) is 8.15. The van der Waals surface area contributed by atoms with Crippen molar-refractivity contribution in [1.82, 2.24) is 9.97 Å². The molecule has 28 heavy (non-hydrogen) atoms. The number of aryl methyl sites for hydroxylation is 1.